The second kappa shape index (κ2) is 6.28. The van der Waals surface area contributed by atoms with Gasteiger partial charge in [-0.15, -0.1) is 0 Å². The number of carbonyl (C=O) groups is 1. The van der Waals surface area contributed by atoms with Crippen LogP contribution in [0.3, 0.4) is 0 Å². The quantitative estimate of drug-likeness (QED) is 0.762. The van der Waals surface area contributed by atoms with Crippen LogP contribution in [0.1, 0.15) is 38.1 Å². The van der Waals surface area contributed by atoms with Gasteiger partial charge in [0.25, 0.3) is 0 Å². The van der Waals surface area contributed by atoms with Gasteiger partial charge in [0.05, 0.1) is 12.2 Å². The monoisotopic (exact) mass is 364 g/mol. The summed E-state index contributed by atoms with van der Waals surface area (Å²) in [5.41, 5.74) is 0.454. The van der Waals surface area contributed by atoms with E-state index in [1.54, 1.807) is 24.3 Å². The summed E-state index contributed by atoms with van der Waals surface area (Å²) in [6.45, 7) is 7.73. The van der Waals surface area contributed by atoms with E-state index in [0.717, 1.165) is 0 Å². The van der Waals surface area contributed by atoms with Crippen LogP contribution < -0.4 is 0 Å². The highest BCUT2D eigenvalue weighted by atomic mass is 16.8. The first-order chi connectivity index (χ1) is 12.2. The van der Waals surface area contributed by atoms with Crippen LogP contribution in [-0.2, 0) is 28.4 Å². The zero-order valence-electron chi connectivity index (χ0n) is 15.3. The van der Waals surface area contributed by atoms with Gasteiger partial charge in [0, 0.05) is 0 Å². The maximum atomic E-state index is 12.4. The molecule has 4 rings (SSSR count). The summed E-state index contributed by atoms with van der Waals surface area (Å²) in [5.74, 6) is -1.94. The highest BCUT2D eigenvalue weighted by Gasteiger charge is 2.60. The van der Waals surface area contributed by atoms with Crippen molar-refractivity contribution in [2.24, 2.45) is 0 Å². The third-order valence-corrected chi connectivity index (χ3v) is 4.68. The summed E-state index contributed by atoms with van der Waals surface area (Å²) in [6, 6.07) is 8.78. The van der Waals surface area contributed by atoms with Gasteiger partial charge < -0.3 is 28.4 Å². The topological polar surface area (TPSA) is 72.5 Å². The van der Waals surface area contributed by atoms with E-state index in [4.69, 9.17) is 28.4 Å². The van der Waals surface area contributed by atoms with Crippen molar-refractivity contribution in [3.8, 4) is 0 Å². The van der Waals surface area contributed by atoms with Crippen molar-refractivity contribution in [3.63, 3.8) is 0 Å². The molecule has 3 saturated heterocycles. The van der Waals surface area contributed by atoms with Crippen LogP contribution in [0.4, 0.5) is 0 Å². The van der Waals surface area contributed by atoms with E-state index in [1.807, 2.05) is 33.8 Å². The first-order valence-corrected chi connectivity index (χ1v) is 8.83. The second-order valence-corrected chi connectivity index (χ2v) is 7.67. The van der Waals surface area contributed by atoms with Crippen LogP contribution in [0, 0.1) is 0 Å². The fraction of sp³-hybridized carbons (Fsp3) is 0.632. The van der Waals surface area contributed by atoms with E-state index >= 15 is 0 Å². The van der Waals surface area contributed by atoms with Crippen molar-refractivity contribution in [1.82, 2.24) is 0 Å². The van der Waals surface area contributed by atoms with Crippen molar-refractivity contribution >= 4 is 5.97 Å². The van der Waals surface area contributed by atoms with Crippen molar-refractivity contribution in [1.29, 1.82) is 0 Å². The number of carbonyl (C=O) groups excluding carboxylic acids is 1. The van der Waals surface area contributed by atoms with E-state index in [9.17, 15) is 4.79 Å². The maximum absolute atomic E-state index is 12.4. The van der Waals surface area contributed by atoms with Crippen LogP contribution in [0.15, 0.2) is 30.3 Å². The van der Waals surface area contributed by atoms with E-state index < -0.39 is 42.1 Å². The lowest BCUT2D eigenvalue weighted by molar-refractivity contribution is -0.235. The average molecular weight is 364 g/mol. The largest absolute Gasteiger partial charge is 0.429 e. The van der Waals surface area contributed by atoms with Gasteiger partial charge in [-0.25, -0.2) is 4.79 Å². The molecule has 1 aromatic rings. The van der Waals surface area contributed by atoms with E-state index in [2.05, 4.69) is 0 Å². The first-order valence-electron chi connectivity index (χ1n) is 8.83. The summed E-state index contributed by atoms with van der Waals surface area (Å²) >= 11 is 0. The van der Waals surface area contributed by atoms with Crippen molar-refractivity contribution in [3.05, 3.63) is 35.9 Å². The van der Waals surface area contributed by atoms with Gasteiger partial charge in [0.15, 0.2) is 17.7 Å². The molecule has 1 aromatic carbocycles. The summed E-state index contributed by atoms with van der Waals surface area (Å²) in [7, 11) is 0. The molecule has 0 N–H and O–H groups in total. The summed E-state index contributed by atoms with van der Waals surface area (Å²) in [5, 5.41) is 0. The third kappa shape index (κ3) is 3.37. The molecule has 3 heterocycles. The molecular weight excluding hydrogens is 340 g/mol. The molecule has 142 valence electrons. The normalized spacial score (nSPS) is 37.5. The molecule has 0 spiro atoms. The number of hydrogen-bond donors (Lipinski definition) is 0. The Morgan fingerprint density at radius 2 is 1.65 bits per heavy atom. The maximum Gasteiger partial charge on any atom is 0.340 e. The minimum Gasteiger partial charge on any atom is -0.429 e. The first kappa shape index (κ1) is 17.9. The Kier molecular flexibility index (Phi) is 4.32. The highest BCUT2D eigenvalue weighted by molar-refractivity contribution is 5.89. The Morgan fingerprint density at radius 1 is 0.962 bits per heavy atom. The van der Waals surface area contributed by atoms with E-state index in [0.29, 0.717) is 12.2 Å². The number of esters is 1. The fourth-order valence-corrected chi connectivity index (χ4v) is 3.61. The molecular formula is C19H24O7. The molecule has 3 aliphatic rings. The number of fused-ring (bicyclic) bond motifs is 1. The molecule has 0 saturated carbocycles. The van der Waals surface area contributed by atoms with Gasteiger partial charge in [-0.2, -0.15) is 0 Å². The molecule has 5 atom stereocenters. The summed E-state index contributed by atoms with van der Waals surface area (Å²) in [6.07, 6.45) is -2.56. The Balaban J connectivity index is 1.51. The Morgan fingerprint density at radius 3 is 2.31 bits per heavy atom. The molecule has 26 heavy (non-hydrogen) atoms. The highest BCUT2D eigenvalue weighted by Crippen LogP contribution is 2.42. The molecule has 7 heteroatoms. The van der Waals surface area contributed by atoms with Gasteiger partial charge in [0.1, 0.15) is 18.3 Å². The molecule has 3 aliphatic heterocycles. The van der Waals surface area contributed by atoms with Crippen LogP contribution in [-0.4, -0.2) is 54.9 Å². The van der Waals surface area contributed by atoms with Gasteiger partial charge >= 0.3 is 5.97 Å². The van der Waals surface area contributed by atoms with Gasteiger partial charge in [0.2, 0.25) is 6.29 Å². The molecule has 0 aromatic heterocycles. The van der Waals surface area contributed by atoms with Crippen molar-refractivity contribution in [2.75, 3.05) is 6.61 Å². The van der Waals surface area contributed by atoms with Crippen LogP contribution >= 0.6 is 0 Å². The second-order valence-electron chi connectivity index (χ2n) is 7.67. The minimum atomic E-state index is -0.869. The Labute approximate surface area is 152 Å². The fourth-order valence-electron chi connectivity index (χ4n) is 3.61. The van der Waals surface area contributed by atoms with Crippen LogP contribution in [0.25, 0.3) is 0 Å². The minimum absolute atomic E-state index is 0.324. The van der Waals surface area contributed by atoms with E-state index in [-0.39, 0.29) is 6.10 Å². The SMILES string of the molecule is CC1(C)O[C@@H]2[C@H](O1)[C@@H](OC(=O)c1ccccc1)O[C@@H]2[C@@H]1COC(C)(C)O1. The predicted octanol–water partition coefficient (Wildman–Crippen LogP) is 2.24. The number of benzene rings is 1. The number of rotatable bonds is 3. The standard InChI is InChI=1S/C19H24O7/c1-18(2)21-10-12(24-18)13-14-15(26-19(3,4)25-14)17(22-13)23-16(20)11-8-6-5-7-9-11/h5-9,12-15,17H,10H2,1-4H3/t12-,13+,14-,15-,17+/m0/s1. The molecule has 0 amide bonds. The molecule has 0 bridgehead atoms. The van der Waals surface area contributed by atoms with Crippen LogP contribution in [0.2, 0.25) is 0 Å². The van der Waals surface area contributed by atoms with Gasteiger partial charge in [-0.3, -0.25) is 0 Å². The lowest BCUT2D eigenvalue weighted by Crippen LogP contribution is -2.40. The molecule has 3 fully saturated rings. The van der Waals surface area contributed by atoms with Crippen molar-refractivity contribution < 1.29 is 33.2 Å². The van der Waals surface area contributed by atoms with Crippen molar-refractivity contribution in [2.45, 2.75) is 70.0 Å². The van der Waals surface area contributed by atoms with Gasteiger partial charge in [-0.05, 0) is 39.8 Å². The van der Waals surface area contributed by atoms with Gasteiger partial charge in [-0.1, -0.05) is 18.2 Å². The molecule has 0 radical (unpaired) electrons. The molecule has 0 unspecified atom stereocenters. The predicted molar refractivity (Wildman–Crippen MR) is 89.2 cm³/mol. The Hall–Kier alpha value is -1.51. The van der Waals surface area contributed by atoms with E-state index in [1.165, 1.54) is 0 Å². The lowest BCUT2D eigenvalue weighted by atomic mass is 10.1. The number of hydrogen-bond acceptors (Lipinski definition) is 7. The molecule has 0 aliphatic carbocycles. The summed E-state index contributed by atoms with van der Waals surface area (Å²) in [4.78, 5) is 12.4. The van der Waals surface area contributed by atoms with Crippen LogP contribution in [0.5, 0.6) is 0 Å². The lowest BCUT2D eigenvalue weighted by Gasteiger charge is -2.26. The zero-order valence-corrected chi connectivity index (χ0v) is 15.3. The smallest absolute Gasteiger partial charge is 0.340 e. The average Bonchev–Trinajstić information content (AvgIpc) is 3.19. The zero-order chi connectivity index (χ0) is 18.5. The third-order valence-electron chi connectivity index (χ3n) is 4.68. The Bertz CT molecular complexity index is 672. The number of ether oxygens (including phenoxy) is 6. The summed E-state index contributed by atoms with van der Waals surface area (Å²) < 4.78 is 35.1. The molecule has 7 nitrogen and oxygen atoms in total.